The second-order valence-corrected chi connectivity index (χ2v) is 9.36. The Hall–Kier alpha value is -3.18. The maximum atomic E-state index is 12.5. The summed E-state index contributed by atoms with van der Waals surface area (Å²) in [5.74, 6) is 0.141. The molecule has 3 rings (SSSR count). The number of hydrogen-bond acceptors (Lipinski definition) is 9. The number of rotatable bonds is 12. The van der Waals surface area contributed by atoms with Crippen molar-refractivity contribution in [2.45, 2.75) is 39.4 Å². The molecule has 11 heteroatoms. The maximum absolute atomic E-state index is 12.5. The molecule has 3 aromatic rings. The van der Waals surface area contributed by atoms with Gasteiger partial charge in [-0.05, 0) is 52.0 Å². The van der Waals surface area contributed by atoms with E-state index in [0.29, 0.717) is 33.2 Å². The standard InChI is InChI=1S/C24H30N6O3S2/c1-6-14-30-21(17-10-12-18(13-11-17)29(7-2)8-3)27-28-24(30)34-15-19(31)26-23-25-16(5)20(35-23)22(32)33-9-4/h6,10-13H,1,7-9,14-15H2,2-5H3,(H,25,26,31). The highest BCUT2D eigenvalue weighted by Crippen LogP contribution is 2.27. The molecule has 0 saturated carbocycles. The Bertz CT molecular complexity index is 1170. The van der Waals surface area contributed by atoms with Gasteiger partial charge in [0.2, 0.25) is 5.91 Å². The van der Waals surface area contributed by atoms with Crippen LogP contribution in [-0.2, 0) is 16.1 Å². The number of allylic oxidation sites excluding steroid dienone is 1. The fourth-order valence-corrected chi connectivity index (χ4v) is 5.06. The van der Waals surface area contributed by atoms with Crippen molar-refractivity contribution in [3.8, 4) is 11.4 Å². The number of ether oxygens (including phenoxy) is 1. The van der Waals surface area contributed by atoms with E-state index < -0.39 is 5.97 Å². The van der Waals surface area contributed by atoms with E-state index in [1.165, 1.54) is 11.8 Å². The Balaban J connectivity index is 1.69. The van der Waals surface area contributed by atoms with Gasteiger partial charge in [0, 0.05) is 30.9 Å². The molecule has 0 fully saturated rings. The molecule has 0 spiro atoms. The van der Waals surface area contributed by atoms with Gasteiger partial charge >= 0.3 is 5.97 Å². The van der Waals surface area contributed by atoms with Gasteiger partial charge in [-0.3, -0.25) is 9.36 Å². The van der Waals surface area contributed by atoms with Crippen molar-refractivity contribution < 1.29 is 14.3 Å². The lowest BCUT2D eigenvalue weighted by Crippen LogP contribution is -2.21. The summed E-state index contributed by atoms with van der Waals surface area (Å²) >= 11 is 2.38. The Morgan fingerprint density at radius 1 is 1.20 bits per heavy atom. The second-order valence-electron chi connectivity index (χ2n) is 7.42. The number of nitrogens with zero attached hydrogens (tertiary/aromatic N) is 5. The third-order valence-electron chi connectivity index (χ3n) is 5.12. The predicted molar refractivity (Wildman–Crippen MR) is 141 cm³/mol. The topological polar surface area (TPSA) is 102 Å². The van der Waals surface area contributed by atoms with Gasteiger partial charge in [0.15, 0.2) is 16.1 Å². The molecule has 2 aromatic heterocycles. The first kappa shape index (κ1) is 26.4. The molecular formula is C24H30N6O3S2. The number of anilines is 2. The van der Waals surface area contributed by atoms with E-state index >= 15 is 0 Å². The number of aryl methyl sites for hydroxylation is 1. The van der Waals surface area contributed by atoms with Crippen molar-refractivity contribution in [3.05, 3.63) is 47.5 Å². The number of aromatic nitrogens is 4. The Labute approximate surface area is 213 Å². The number of carbonyl (C=O) groups excluding carboxylic acids is 2. The fraction of sp³-hybridized carbons (Fsp3) is 0.375. The molecule has 0 radical (unpaired) electrons. The van der Waals surface area contributed by atoms with Crippen LogP contribution in [0.15, 0.2) is 42.1 Å². The number of thiazole rings is 1. The summed E-state index contributed by atoms with van der Waals surface area (Å²) in [6, 6.07) is 8.22. The van der Waals surface area contributed by atoms with Crippen molar-refractivity contribution in [1.82, 2.24) is 19.7 Å². The molecule has 9 nitrogen and oxygen atoms in total. The van der Waals surface area contributed by atoms with Crippen LogP contribution in [0.2, 0.25) is 0 Å². The van der Waals surface area contributed by atoms with Crippen molar-refractivity contribution in [2.24, 2.45) is 0 Å². The number of carbonyl (C=O) groups is 2. The zero-order chi connectivity index (χ0) is 25.4. The van der Waals surface area contributed by atoms with Crippen molar-refractivity contribution in [3.63, 3.8) is 0 Å². The smallest absolute Gasteiger partial charge is 0.350 e. The second kappa shape index (κ2) is 12.5. The first-order valence-electron chi connectivity index (χ1n) is 11.4. The summed E-state index contributed by atoms with van der Waals surface area (Å²) in [5.41, 5.74) is 2.62. The zero-order valence-corrected chi connectivity index (χ0v) is 22.0. The van der Waals surface area contributed by atoms with Gasteiger partial charge in [0.25, 0.3) is 0 Å². The van der Waals surface area contributed by atoms with Crippen LogP contribution in [0.25, 0.3) is 11.4 Å². The van der Waals surface area contributed by atoms with Crippen LogP contribution in [0.1, 0.15) is 36.1 Å². The average Bonchev–Trinajstić information content (AvgIpc) is 3.42. The minimum atomic E-state index is -0.437. The molecule has 0 aliphatic heterocycles. The molecule has 0 unspecified atom stereocenters. The molecule has 0 saturated heterocycles. The molecule has 2 heterocycles. The zero-order valence-electron chi connectivity index (χ0n) is 20.4. The largest absolute Gasteiger partial charge is 0.462 e. The van der Waals surface area contributed by atoms with Crippen LogP contribution in [0, 0.1) is 6.92 Å². The number of hydrogen-bond donors (Lipinski definition) is 1. The molecule has 35 heavy (non-hydrogen) atoms. The molecule has 0 aliphatic rings. The van der Waals surface area contributed by atoms with Gasteiger partial charge in [-0.2, -0.15) is 0 Å². The van der Waals surface area contributed by atoms with Crippen molar-refractivity contribution in [1.29, 1.82) is 0 Å². The van der Waals surface area contributed by atoms with Gasteiger partial charge in [0.1, 0.15) is 4.88 Å². The molecular weight excluding hydrogens is 484 g/mol. The van der Waals surface area contributed by atoms with Gasteiger partial charge < -0.3 is 15.0 Å². The number of thioether (sulfide) groups is 1. The van der Waals surface area contributed by atoms with Crippen LogP contribution >= 0.6 is 23.1 Å². The highest BCUT2D eigenvalue weighted by molar-refractivity contribution is 7.99. The van der Waals surface area contributed by atoms with E-state index in [0.717, 1.165) is 35.7 Å². The number of benzene rings is 1. The summed E-state index contributed by atoms with van der Waals surface area (Å²) in [6.45, 7) is 14.2. The minimum absolute atomic E-state index is 0.115. The fourth-order valence-electron chi connectivity index (χ4n) is 3.43. The molecule has 0 aliphatic carbocycles. The maximum Gasteiger partial charge on any atom is 0.350 e. The first-order valence-corrected chi connectivity index (χ1v) is 13.2. The number of amides is 1. The summed E-state index contributed by atoms with van der Waals surface area (Å²) < 4.78 is 6.96. The van der Waals surface area contributed by atoms with E-state index in [9.17, 15) is 9.59 Å². The molecule has 186 valence electrons. The van der Waals surface area contributed by atoms with Crippen LogP contribution < -0.4 is 10.2 Å². The monoisotopic (exact) mass is 514 g/mol. The van der Waals surface area contributed by atoms with Crippen LogP contribution in [0.3, 0.4) is 0 Å². The van der Waals surface area contributed by atoms with Gasteiger partial charge in [0.05, 0.1) is 18.1 Å². The van der Waals surface area contributed by atoms with Gasteiger partial charge in [-0.15, -0.1) is 16.8 Å². The normalized spacial score (nSPS) is 10.7. The third-order valence-corrected chi connectivity index (χ3v) is 7.14. The molecule has 1 amide bonds. The highest BCUT2D eigenvalue weighted by atomic mass is 32.2. The summed E-state index contributed by atoms with van der Waals surface area (Å²) in [7, 11) is 0. The molecule has 1 aromatic carbocycles. The Morgan fingerprint density at radius 2 is 1.91 bits per heavy atom. The number of esters is 1. The van der Waals surface area contributed by atoms with Gasteiger partial charge in [-0.25, -0.2) is 9.78 Å². The van der Waals surface area contributed by atoms with Crippen molar-refractivity contribution in [2.75, 3.05) is 35.7 Å². The van der Waals surface area contributed by atoms with E-state index in [-0.39, 0.29) is 18.3 Å². The van der Waals surface area contributed by atoms with E-state index in [1.807, 2.05) is 16.7 Å². The highest BCUT2D eigenvalue weighted by Gasteiger charge is 2.19. The Kier molecular flexibility index (Phi) is 9.44. The quantitative estimate of drug-likeness (QED) is 0.212. The average molecular weight is 515 g/mol. The van der Waals surface area contributed by atoms with E-state index in [1.54, 1.807) is 19.9 Å². The summed E-state index contributed by atoms with van der Waals surface area (Å²) in [4.78, 5) is 31.4. The number of nitrogens with one attached hydrogen (secondary N) is 1. The SMILES string of the molecule is C=CCn1c(SCC(=O)Nc2nc(C)c(C(=O)OCC)s2)nnc1-c1ccc(N(CC)CC)cc1. The lowest BCUT2D eigenvalue weighted by Gasteiger charge is -2.21. The van der Waals surface area contributed by atoms with Crippen LogP contribution in [0.5, 0.6) is 0 Å². The van der Waals surface area contributed by atoms with Crippen LogP contribution in [-0.4, -0.2) is 57.1 Å². The first-order chi connectivity index (χ1) is 16.9. The molecule has 1 N–H and O–H groups in total. The third kappa shape index (κ3) is 6.49. The predicted octanol–water partition coefficient (Wildman–Crippen LogP) is 4.65. The summed E-state index contributed by atoms with van der Waals surface area (Å²) in [5, 5.41) is 12.4. The van der Waals surface area contributed by atoms with E-state index in [2.05, 4.69) is 58.0 Å². The van der Waals surface area contributed by atoms with Crippen LogP contribution in [0.4, 0.5) is 10.8 Å². The Morgan fingerprint density at radius 3 is 2.54 bits per heavy atom. The minimum Gasteiger partial charge on any atom is -0.462 e. The molecule has 0 bridgehead atoms. The van der Waals surface area contributed by atoms with Crippen molar-refractivity contribution >= 4 is 45.8 Å². The molecule has 0 atom stereocenters. The lowest BCUT2D eigenvalue weighted by molar-refractivity contribution is -0.113. The van der Waals surface area contributed by atoms with Gasteiger partial charge in [-0.1, -0.05) is 29.2 Å². The lowest BCUT2D eigenvalue weighted by atomic mass is 10.2. The van der Waals surface area contributed by atoms with E-state index in [4.69, 9.17) is 4.74 Å². The summed E-state index contributed by atoms with van der Waals surface area (Å²) in [6.07, 6.45) is 1.77.